The molecule has 6 nitrogen and oxygen atoms in total. The number of rotatable bonds is 9. The minimum absolute atomic E-state index is 0.104. The molecule has 1 aromatic rings. The number of hydrogen-bond donors (Lipinski definition) is 1. The fourth-order valence-electron chi connectivity index (χ4n) is 2.24. The first-order valence-electron chi connectivity index (χ1n) is 7.85. The molecular formula is C15H29N5O. The Morgan fingerprint density at radius 2 is 2.14 bits per heavy atom. The van der Waals surface area contributed by atoms with E-state index in [9.17, 15) is 0 Å². The molecule has 0 radical (unpaired) electrons. The fraction of sp³-hybridized carbons (Fsp3) is 0.867. The molecule has 21 heavy (non-hydrogen) atoms. The van der Waals surface area contributed by atoms with E-state index in [4.69, 9.17) is 4.74 Å². The Bertz CT molecular complexity index is 422. The van der Waals surface area contributed by atoms with Crippen LogP contribution in [-0.2, 0) is 17.8 Å². The van der Waals surface area contributed by atoms with Gasteiger partial charge >= 0.3 is 0 Å². The highest BCUT2D eigenvalue weighted by Crippen LogP contribution is 2.26. The Morgan fingerprint density at radius 1 is 1.38 bits per heavy atom. The molecule has 0 bridgehead atoms. The van der Waals surface area contributed by atoms with Crippen molar-refractivity contribution in [1.29, 1.82) is 0 Å². The van der Waals surface area contributed by atoms with Crippen molar-refractivity contribution >= 4 is 0 Å². The Morgan fingerprint density at radius 3 is 2.76 bits per heavy atom. The average Bonchev–Trinajstić information content (AvgIpc) is 3.15. The first-order valence-corrected chi connectivity index (χ1v) is 7.85. The summed E-state index contributed by atoms with van der Waals surface area (Å²) in [6, 6.07) is 0.755. The van der Waals surface area contributed by atoms with E-state index < -0.39 is 0 Å². The standard InChI is InChI=1S/C15H29N5O/c1-15(2,3)16-11-13-12-20(18-17-13)8-7-19(9-10-21-4)14-5-6-14/h12,14,16H,5-11H2,1-4H3. The second-order valence-corrected chi connectivity index (χ2v) is 6.84. The SMILES string of the molecule is COCCN(CCn1cc(CNC(C)(C)C)nn1)C1CC1. The molecule has 120 valence electrons. The summed E-state index contributed by atoms with van der Waals surface area (Å²) >= 11 is 0. The monoisotopic (exact) mass is 295 g/mol. The topological polar surface area (TPSA) is 55.2 Å². The number of hydrogen-bond acceptors (Lipinski definition) is 5. The predicted octanol–water partition coefficient (Wildman–Crippen LogP) is 1.28. The molecule has 0 atom stereocenters. The zero-order chi connectivity index (χ0) is 15.3. The fourth-order valence-corrected chi connectivity index (χ4v) is 2.24. The summed E-state index contributed by atoms with van der Waals surface area (Å²) in [7, 11) is 1.76. The van der Waals surface area contributed by atoms with Crippen LogP contribution < -0.4 is 5.32 Å². The van der Waals surface area contributed by atoms with E-state index in [-0.39, 0.29) is 5.54 Å². The highest BCUT2D eigenvalue weighted by molar-refractivity contribution is 4.93. The third-order valence-corrected chi connectivity index (χ3v) is 3.65. The highest BCUT2D eigenvalue weighted by atomic mass is 16.5. The summed E-state index contributed by atoms with van der Waals surface area (Å²) in [5.74, 6) is 0. The molecule has 1 N–H and O–H groups in total. The number of ether oxygens (including phenoxy) is 1. The summed E-state index contributed by atoms with van der Waals surface area (Å²) < 4.78 is 7.13. The van der Waals surface area contributed by atoms with Gasteiger partial charge in [0.15, 0.2) is 0 Å². The number of aromatic nitrogens is 3. The van der Waals surface area contributed by atoms with Crippen LogP contribution >= 0.6 is 0 Å². The smallest absolute Gasteiger partial charge is 0.0965 e. The van der Waals surface area contributed by atoms with Gasteiger partial charge in [-0.05, 0) is 33.6 Å². The highest BCUT2D eigenvalue weighted by Gasteiger charge is 2.28. The van der Waals surface area contributed by atoms with Gasteiger partial charge in [-0.15, -0.1) is 5.10 Å². The number of nitrogens with one attached hydrogen (secondary N) is 1. The zero-order valence-corrected chi connectivity index (χ0v) is 13.8. The molecular weight excluding hydrogens is 266 g/mol. The lowest BCUT2D eigenvalue weighted by atomic mass is 10.1. The molecule has 1 fully saturated rings. The minimum Gasteiger partial charge on any atom is -0.383 e. The summed E-state index contributed by atoms with van der Waals surface area (Å²) in [4.78, 5) is 2.50. The lowest BCUT2D eigenvalue weighted by Gasteiger charge is -2.21. The lowest BCUT2D eigenvalue weighted by Crippen LogP contribution is -2.35. The largest absolute Gasteiger partial charge is 0.383 e. The molecule has 1 saturated carbocycles. The Kier molecular flexibility index (Phi) is 5.72. The predicted molar refractivity (Wildman–Crippen MR) is 83.1 cm³/mol. The van der Waals surface area contributed by atoms with Crippen molar-refractivity contribution in [1.82, 2.24) is 25.2 Å². The van der Waals surface area contributed by atoms with Crippen LogP contribution in [0.15, 0.2) is 6.20 Å². The van der Waals surface area contributed by atoms with Crippen LogP contribution in [0, 0.1) is 0 Å². The zero-order valence-electron chi connectivity index (χ0n) is 13.8. The Balaban J connectivity index is 1.76. The molecule has 0 spiro atoms. The molecule has 1 aliphatic carbocycles. The van der Waals surface area contributed by atoms with E-state index in [0.29, 0.717) is 0 Å². The lowest BCUT2D eigenvalue weighted by molar-refractivity contribution is 0.140. The van der Waals surface area contributed by atoms with Gasteiger partial charge in [-0.2, -0.15) is 0 Å². The van der Waals surface area contributed by atoms with Crippen LogP contribution in [0.1, 0.15) is 39.3 Å². The van der Waals surface area contributed by atoms with Gasteiger partial charge in [-0.25, -0.2) is 0 Å². The third kappa shape index (κ3) is 6.11. The number of nitrogens with zero attached hydrogens (tertiary/aromatic N) is 4. The van der Waals surface area contributed by atoms with E-state index in [1.54, 1.807) is 7.11 Å². The van der Waals surface area contributed by atoms with Crippen LogP contribution in [0.25, 0.3) is 0 Å². The maximum Gasteiger partial charge on any atom is 0.0965 e. The molecule has 1 heterocycles. The molecule has 0 unspecified atom stereocenters. The molecule has 0 aliphatic heterocycles. The quantitative estimate of drug-likeness (QED) is 0.744. The average molecular weight is 295 g/mol. The molecule has 1 aromatic heterocycles. The molecule has 0 amide bonds. The second kappa shape index (κ2) is 7.33. The summed E-state index contributed by atoms with van der Waals surface area (Å²) in [6.45, 7) is 10.9. The Labute approximate surface area is 127 Å². The van der Waals surface area contributed by atoms with Gasteiger partial charge < -0.3 is 10.1 Å². The van der Waals surface area contributed by atoms with Crippen LogP contribution in [-0.4, -0.2) is 58.3 Å². The van der Waals surface area contributed by atoms with Crippen molar-refractivity contribution in [2.75, 3.05) is 26.8 Å². The van der Waals surface area contributed by atoms with Crippen LogP contribution in [0.5, 0.6) is 0 Å². The molecule has 6 heteroatoms. The van der Waals surface area contributed by atoms with Gasteiger partial charge in [0.1, 0.15) is 0 Å². The normalized spacial score (nSPS) is 15.9. The van der Waals surface area contributed by atoms with E-state index >= 15 is 0 Å². The van der Waals surface area contributed by atoms with Crippen molar-refractivity contribution in [2.45, 2.75) is 58.3 Å². The van der Waals surface area contributed by atoms with Gasteiger partial charge in [0, 0.05) is 44.5 Å². The van der Waals surface area contributed by atoms with E-state index in [1.807, 2.05) is 10.9 Å². The maximum absolute atomic E-state index is 5.19. The van der Waals surface area contributed by atoms with Crippen LogP contribution in [0.2, 0.25) is 0 Å². The first kappa shape index (κ1) is 16.4. The second-order valence-electron chi connectivity index (χ2n) is 6.84. The van der Waals surface area contributed by atoms with E-state index in [2.05, 4.69) is 41.3 Å². The third-order valence-electron chi connectivity index (χ3n) is 3.65. The maximum atomic E-state index is 5.19. The molecule has 2 rings (SSSR count). The van der Waals surface area contributed by atoms with Gasteiger partial charge in [-0.1, -0.05) is 5.21 Å². The van der Waals surface area contributed by atoms with Gasteiger partial charge in [-0.3, -0.25) is 9.58 Å². The van der Waals surface area contributed by atoms with Crippen molar-refractivity contribution < 1.29 is 4.74 Å². The first-order chi connectivity index (χ1) is 9.98. The Hall–Kier alpha value is -0.980. The molecule has 0 aromatic carbocycles. The van der Waals surface area contributed by atoms with Crippen LogP contribution in [0.4, 0.5) is 0 Å². The summed E-state index contributed by atoms with van der Waals surface area (Å²) in [5.41, 5.74) is 1.10. The summed E-state index contributed by atoms with van der Waals surface area (Å²) in [5, 5.41) is 11.9. The van der Waals surface area contributed by atoms with E-state index in [0.717, 1.165) is 44.5 Å². The van der Waals surface area contributed by atoms with Crippen molar-refractivity contribution in [3.63, 3.8) is 0 Å². The minimum atomic E-state index is 0.104. The van der Waals surface area contributed by atoms with Crippen molar-refractivity contribution in [2.24, 2.45) is 0 Å². The van der Waals surface area contributed by atoms with Crippen molar-refractivity contribution in [3.8, 4) is 0 Å². The van der Waals surface area contributed by atoms with Crippen LogP contribution in [0.3, 0.4) is 0 Å². The van der Waals surface area contributed by atoms with Gasteiger partial charge in [0.05, 0.1) is 18.8 Å². The molecule has 0 saturated heterocycles. The van der Waals surface area contributed by atoms with E-state index in [1.165, 1.54) is 12.8 Å². The molecule has 1 aliphatic rings. The van der Waals surface area contributed by atoms with Gasteiger partial charge in [0.2, 0.25) is 0 Å². The van der Waals surface area contributed by atoms with Gasteiger partial charge in [0.25, 0.3) is 0 Å². The number of methoxy groups -OCH3 is 1. The summed E-state index contributed by atoms with van der Waals surface area (Å²) in [6.07, 6.45) is 4.68. The van der Waals surface area contributed by atoms with Crippen molar-refractivity contribution in [3.05, 3.63) is 11.9 Å².